The first-order valence-corrected chi connectivity index (χ1v) is 7.70. The number of aromatic nitrogens is 2. The van der Waals surface area contributed by atoms with Crippen LogP contribution in [0, 0.1) is 11.3 Å². The predicted molar refractivity (Wildman–Crippen MR) is 82.3 cm³/mol. The second-order valence-corrected chi connectivity index (χ2v) is 6.19. The monoisotopic (exact) mass is 265 g/mol. The van der Waals surface area contributed by atoms with Gasteiger partial charge in [0.1, 0.15) is 5.82 Å². The molecule has 0 aliphatic carbocycles. The molecule has 110 valence electrons. The average Bonchev–Trinajstić information content (AvgIpc) is 2.79. The number of nitrogens with zero attached hydrogens (tertiary/aromatic N) is 2. The summed E-state index contributed by atoms with van der Waals surface area (Å²) in [5.74, 6) is 1.93. The van der Waals surface area contributed by atoms with Crippen LogP contribution >= 0.6 is 0 Å². The van der Waals surface area contributed by atoms with Crippen LogP contribution in [0.1, 0.15) is 52.8 Å². The van der Waals surface area contributed by atoms with Gasteiger partial charge >= 0.3 is 0 Å². The van der Waals surface area contributed by atoms with Crippen molar-refractivity contribution in [2.75, 3.05) is 13.1 Å². The summed E-state index contributed by atoms with van der Waals surface area (Å²) in [5.41, 5.74) is 0.417. The molecule has 0 atom stereocenters. The largest absolute Gasteiger partial charge is 0.338 e. The zero-order valence-electron chi connectivity index (χ0n) is 13.4. The van der Waals surface area contributed by atoms with Crippen molar-refractivity contribution >= 4 is 0 Å². The van der Waals surface area contributed by atoms with Crippen molar-refractivity contribution in [3.8, 4) is 0 Å². The van der Waals surface area contributed by atoms with Gasteiger partial charge in [-0.15, -0.1) is 0 Å². The Labute approximate surface area is 118 Å². The van der Waals surface area contributed by atoms with Crippen molar-refractivity contribution in [3.05, 3.63) is 18.2 Å². The molecule has 0 saturated heterocycles. The zero-order valence-corrected chi connectivity index (χ0v) is 13.4. The standard InChI is InChI=1S/C16H31N3/c1-6-16(7-2,13-17-12-14(3)4)9-8-15-18-10-11-19(15)5/h10-11,14,17H,6-9,12-13H2,1-5H3. The van der Waals surface area contributed by atoms with Crippen molar-refractivity contribution < 1.29 is 0 Å². The van der Waals surface area contributed by atoms with Gasteiger partial charge in [0.05, 0.1) is 0 Å². The van der Waals surface area contributed by atoms with Crippen LogP contribution in [0.2, 0.25) is 0 Å². The second-order valence-electron chi connectivity index (χ2n) is 6.19. The number of hydrogen-bond donors (Lipinski definition) is 1. The molecule has 3 nitrogen and oxygen atoms in total. The summed E-state index contributed by atoms with van der Waals surface area (Å²) in [6, 6.07) is 0. The van der Waals surface area contributed by atoms with Gasteiger partial charge in [0.25, 0.3) is 0 Å². The molecule has 0 amide bonds. The van der Waals surface area contributed by atoms with Crippen molar-refractivity contribution in [1.29, 1.82) is 0 Å². The molecule has 0 aliphatic rings. The fourth-order valence-electron chi connectivity index (χ4n) is 2.58. The van der Waals surface area contributed by atoms with Crippen LogP contribution in [0.25, 0.3) is 0 Å². The SMILES string of the molecule is CCC(CC)(CCc1nccn1C)CNCC(C)C. The maximum atomic E-state index is 4.44. The topological polar surface area (TPSA) is 29.9 Å². The highest BCUT2D eigenvalue weighted by molar-refractivity contribution is 4.93. The van der Waals surface area contributed by atoms with E-state index in [2.05, 4.69) is 49.6 Å². The summed E-state index contributed by atoms with van der Waals surface area (Å²) in [5, 5.41) is 3.65. The summed E-state index contributed by atoms with van der Waals surface area (Å²) in [6.07, 6.45) is 8.69. The highest BCUT2D eigenvalue weighted by atomic mass is 15.0. The summed E-state index contributed by atoms with van der Waals surface area (Å²) in [7, 11) is 2.08. The van der Waals surface area contributed by atoms with Crippen molar-refractivity contribution in [3.63, 3.8) is 0 Å². The van der Waals surface area contributed by atoms with E-state index in [1.54, 1.807) is 0 Å². The van der Waals surface area contributed by atoms with Gasteiger partial charge in [-0.05, 0) is 37.1 Å². The van der Waals surface area contributed by atoms with Gasteiger partial charge in [-0.2, -0.15) is 0 Å². The van der Waals surface area contributed by atoms with Crippen LogP contribution in [0.15, 0.2) is 12.4 Å². The molecule has 0 aliphatic heterocycles. The van der Waals surface area contributed by atoms with Crippen LogP contribution in [-0.4, -0.2) is 22.6 Å². The van der Waals surface area contributed by atoms with Gasteiger partial charge in [-0.3, -0.25) is 0 Å². The first-order valence-electron chi connectivity index (χ1n) is 7.70. The molecule has 0 saturated carbocycles. The Morgan fingerprint density at radius 2 is 2.00 bits per heavy atom. The maximum absolute atomic E-state index is 4.44. The minimum atomic E-state index is 0.417. The van der Waals surface area contributed by atoms with Gasteiger partial charge in [0, 0.05) is 32.4 Å². The molecule has 0 aromatic carbocycles. The van der Waals surface area contributed by atoms with Gasteiger partial charge in [0.15, 0.2) is 0 Å². The minimum absolute atomic E-state index is 0.417. The minimum Gasteiger partial charge on any atom is -0.338 e. The normalized spacial score (nSPS) is 12.3. The fourth-order valence-corrected chi connectivity index (χ4v) is 2.58. The molecule has 0 fully saturated rings. The fraction of sp³-hybridized carbons (Fsp3) is 0.812. The van der Waals surface area contributed by atoms with E-state index in [1.165, 1.54) is 25.1 Å². The quantitative estimate of drug-likeness (QED) is 0.741. The van der Waals surface area contributed by atoms with Gasteiger partial charge < -0.3 is 9.88 Å². The molecule has 1 rings (SSSR count). The Kier molecular flexibility index (Phi) is 6.56. The Hall–Kier alpha value is -0.830. The van der Waals surface area contributed by atoms with E-state index in [0.717, 1.165) is 25.4 Å². The first kappa shape index (κ1) is 16.2. The Morgan fingerprint density at radius 1 is 1.32 bits per heavy atom. The van der Waals surface area contributed by atoms with Crippen LogP contribution < -0.4 is 5.32 Å². The lowest BCUT2D eigenvalue weighted by molar-refractivity contribution is 0.223. The Morgan fingerprint density at radius 3 is 2.47 bits per heavy atom. The van der Waals surface area contributed by atoms with Crippen molar-refractivity contribution in [1.82, 2.24) is 14.9 Å². The third-order valence-corrected chi connectivity index (χ3v) is 4.35. The Bertz CT molecular complexity index is 351. The lowest BCUT2D eigenvalue weighted by Crippen LogP contribution is -2.35. The third kappa shape index (κ3) is 4.98. The molecule has 1 heterocycles. The zero-order chi connectivity index (χ0) is 14.3. The van der Waals surface area contributed by atoms with Crippen molar-refractivity contribution in [2.24, 2.45) is 18.4 Å². The molecule has 0 bridgehead atoms. The number of nitrogens with one attached hydrogen (secondary N) is 1. The van der Waals surface area contributed by atoms with Crippen LogP contribution in [-0.2, 0) is 13.5 Å². The van der Waals surface area contributed by atoms with Crippen LogP contribution in [0.3, 0.4) is 0 Å². The number of aryl methyl sites for hydroxylation is 2. The van der Waals surface area contributed by atoms with Gasteiger partial charge in [0.2, 0.25) is 0 Å². The average molecular weight is 265 g/mol. The molecule has 1 aromatic rings. The molecular formula is C16H31N3. The van der Waals surface area contributed by atoms with E-state index in [9.17, 15) is 0 Å². The van der Waals surface area contributed by atoms with E-state index in [-0.39, 0.29) is 0 Å². The van der Waals surface area contributed by atoms with Crippen molar-refractivity contribution in [2.45, 2.75) is 53.4 Å². The molecule has 0 radical (unpaired) electrons. The van der Waals surface area contributed by atoms with E-state index in [0.29, 0.717) is 5.41 Å². The number of hydrogen-bond acceptors (Lipinski definition) is 2. The molecule has 3 heteroatoms. The highest BCUT2D eigenvalue weighted by Gasteiger charge is 2.26. The van der Waals surface area contributed by atoms with E-state index in [4.69, 9.17) is 0 Å². The molecule has 19 heavy (non-hydrogen) atoms. The highest BCUT2D eigenvalue weighted by Crippen LogP contribution is 2.31. The second kappa shape index (κ2) is 7.68. The molecule has 0 spiro atoms. The van der Waals surface area contributed by atoms with Crippen LogP contribution in [0.4, 0.5) is 0 Å². The summed E-state index contributed by atoms with van der Waals surface area (Å²) in [4.78, 5) is 4.44. The third-order valence-electron chi connectivity index (χ3n) is 4.35. The predicted octanol–water partition coefficient (Wildman–Crippen LogP) is 3.40. The lowest BCUT2D eigenvalue weighted by Gasteiger charge is -2.32. The molecular weight excluding hydrogens is 234 g/mol. The smallest absolute Gasteiger partial charge is 0.108 e. The summed E-state index contributed by atoms with van der Waals surface area (Å²) < 4.78 is 2.14. The molecule has 0 unspecified atom stereocenters. The molecule has 1 N–H and O–H groups in total. The van der Waals surface area contributed by atoms with E-state index in [1.807, 2.05) is 12.4 Å². The summed E-state index contributed by atoms with van der Waals surface area (Å²) >= 11 is 0. The van der Waals surface area contributed by atoms with Gasteiger partial charge in [-0.1, -0.05) is 27.7 Å². The van der Waals surface area contributed by atoms with E-state index < -0.39 is 0 Å². The number of rotatable bonds is 9. The van der Waals surface area contributed by atoms with Crippen LogP contribution in [0.5, 0.6) is 0 Å². The summed E-state index contributed by atoms with van der Waals surface area (Å²) in [6.45, 7) is 11.4. The molecule has 1 aromatic heterocycles. The van der Waals surface area contributed by atoms with E-state index >= 15 is 0 Å². The Balaban J connectivity index is 2.53. The first-order chi connectivity index (χ1) is 9.03. The van der Waals surface area contributed by atoms with Gasteiger partial charge in [-0.25, -0.2) is 4.98 Å². The maximum Gasteiger partial charge on any atom is 0.108 e. The number of imidazole rings is 1. The lowest BCUT2D eigenvalue weighted by atomic mass is 9.78.